The lowest BCUT2D eigenvalue weighted by atomic mass is 10.1. The van der Waals surface area contributed by atoms with Gasteiger partial charge in [-0.05, 0) is 37.7 Å². The first-order valence-corrected chi connectivity index (χ1v) is 16.1. The number of carboxylic acids is 1. The molecule has 2 heterocycles. The smallest absolute Gasteiger partial charge is 0.326 e. The molecule has 2 rings (SSSR count). The van der Waals surface area contributed by atoms with Crippen molar-refractivity contribution in [2.75, 3.05) is 25.1 Å². The van der Waals surface area contributed by atoms with Gasteiger partial charge in [0.05, 0.1) is 25.3 Å². The molecule has 0 bridgehead atoms. The Labute approximate surface area is 274 Å². The fourth-order valence-electron chi connectivity index (χ4n) is 4.76. The molecular weight excluding hydrogens is 640 g/mol. The number of nitrogens with zero attached hydrogens (tertiary/aromatic N) is 2. The minimum Gasteiger partial charge on any atom is -0.480 e. The number of primary amides is 2. The number of aromatic nitrogens is 2. The summed E-state index contributed by atoms with van der Waals surface area (Å²) in [5.41, 5.74) is 16.4. The maximum atomic E-state index is 13.6. The van der Waals surface area contributed by atoms with E-state index in [1.165, 1.54) is 29.2 Å². The van der Waals surface area contributed by atoms with Crippen molar-refractivity contribution in [1.82, 2.24) is 36.1 Å². The molecule has 0 spiro atoms. The van der Waals surface area contributed by atoms with Crippen LogP contribution in [0.1, 0.15) is 44.2 Å². The van der Waals surface area contributed by atoms with E-state index in [0.29, 0.717) is 17.9 Å². The number of thioether (sulfide) groups is 1. The number of nitrogens with one attached hydrogen (secondary N) is 5. The average molecular weight is 683 g/mol. The van der Waals surface area contributed by atoms with Crippen molar-refractivity contribution in [3.63, 3.8) is 0 Å². The van der Waals surface area contributed by atoms with Gasteiger partial charge < -0.3 is 53.5 Å². The maximum absolute atomic E-state index is 13.6. The van der Waals surface area contributed by atoms with Crippen LogP contribution >= 0.6 is 11.8 Å². The number of carbonyl (C=O) groups is 8. The largest absolute Gasteiger partial charge is 0.480 e. The van der Waals surface area contributed by atoms with Crippen LogP contribution in [0.25, 0.3) is 0 Å². The average Bonchev–Trinajstić information content (AvgIpc) is 3.71. The molecule has 1 aliphatic rings. The van der Waals surface area contributed by atoms with Crippen molar-refractivity contribution in [3.8, 4) is 0 Å². The molecule has 7 amide bonds. The Balaban J connectivity index is 2.13. The van der Waals surface area contributed by atoms with Gasteiger partial charge in [-0.25, -0.2) is 9.78 Å². The monoisotopic (exact) mass is 682 g/mol. The first-order chi connectivity index (χ1) is 22.2. The molecule has 5 atom stereocenters. The maximum Gasteiger partial charge on any atom is 0.326 e. The molecule has 1 fully saturated rings. The van der Waals surface area contributed by atoms with E-state index >= 15 is 0 Å². The summed E-state index contributed by atoms with van der Waals surface area (Å²) in [5.74, 6) is -6.01. The molecule has 47 heavy (non-hydrogen) atoms. The summed E-state index contributed by atoms with van der Waals surface area (Å²) in [6.45, 7) is -0.439. The lowest BCUT2D eigenvalue weighted by molar-refractivity contribution is -0.142. The van der Waals surface area contributed by atoms with E-state index < -0.39 is 90.5 Å². The second-order valence-electron chi connectivity index (χ2n) is 10.8. The zero-order valence-electron chi connectivity index (χ0n) is 25.9. The molecule has 0 unspecified atom stereocenters. The highest BCUT2D eigenvalue weighted by Crippen LogP contribution is 2.20. The first kappa shape index (κ1) is 38.5. The van der Waals surface area contributed by atoms with E-state index in [1.807, 2.05) is 6.26 Å². The fourth-order valence-corrected chi connectivity index (χ4v) is 5.23. The highest BCUT2D eigenvalue weighted by molar-refractivity contribution is 7.98. The van der Waals surface area contributed by atoms with Crippen LogP contribution in [0.5, 0.6) is 0 Å². The number of hydrogen-bond donors (Lipinski definition) is 9. The van der Waals surface area contributed by atoms with Gasteiger partial charge in [-0.15, -0.1) is 0 Å². The van der Waals surface area contributed by atoms with Gasteiger partial charge in [-0.2, -0.15) is 11.8 Å². The van der Waals surface area contributed by atoms with Crippen molar-refractivity contribution >= 4 is 59.1 Å². The Bertz CT molecular complexity index is 1300. The highest BCUT2D eigenvalue weighted by Gasteiger charge is 2.39. The van der Waals surface area contributed by atoms with Crippen molar-refractivity contribution < 1.29 is 43.5 Å². The number of H-pyrrole nitrogens is 1. The number of amides is 7. The lowest BCUT2D eigenvalue weighted by Crippen LogP contribution is -2.58. The van der Waals surface area contributed by atoms with Gasteiger partial charge in [0.15, 0.2) is 0 Å². The van der Waals surface area contributed by atoms with Crippen molar-refractivity contribution in [3.05, 3.63) is 18.2 Å². The first-order valence-electron chi connectivity index (χ1n) is 14.7. The lowest BCUT2D eigenvalue weighted by Gasteiger charge is -2.30. The second-order valence-corrected chi connectivity index (χ2v) is 11.8. The van der Waals surface area contributed by atoms with Crippen LogP contribution in [-0.4, -0.2) is 123 Å². The Morgan fingerprint density at radius 1 is 1.02 bits per heavy atom. The molecule has 20 heteroatoms. The summed E-state index contributed by atoms with van der Waals surface area (Å²) >= 11 is 1.44. The van der Waals surface area contributed by atoms with Crippen LogP contribution < -0.4 is 38.5 Å². The third-order valence-corrected chi connectivity index (χ3v) is 7.81. The van der Waals surface area contributed by atoms with Crippen molar-refractivity contribution in [1.29, 1.82) is 0 Å². The Morgan fingerprint density at radius 3 is 2.34 bits per heavy atom. The molecular formula is C27H42N10O9S. The van der Waals surface area contributed by atoms with Gasteiger partial charge in [0, 0.05) is 31.3 Å². The van der Waals surface area contributed by atoms with Crippen LogP contribution in [-0.2, 0) is 44.8 Å². The summed E-state index contributed by atoms with van der Waals surface area (Å²) < 4.78 is 0. The highest BCUT2D eigenvalue weighted by atomic mass is 32.2. The van der Waals surface area contributed by atoms with E-state index in [2.05, 4.69) is 31.2 Å². The summed E-state index contributed by atoms with van der Waals surface area (Å²) in [6.07, 6.45) is 4.56. The number of imidazole rings is 1. The number of carbonyl (C=O) groups excluding carboxylic acids is 7. The summed E-state index contributed by atoms with van der Waals surface area (Å²) in [6, 6.07) is -5.94. The van der Waals surface area contributed by atoms with Crippen LogP contribution in [0.3, 0.4) is 0 Å². The van der Waals surface area contributed by atoms with E-state index in [1.54, 1.807) is 0 Å². The Morgan fingerprint density at radius 2 is 1.74 bits per heavy atom. The molecule has 1 saturated heterocycles. The van der Waals surface area contributed by atoms with Crippen LogP contribution in [0, 0.1) is 0 Å². The topological polar surface area (TPSA) is 315 Å². The summed E-state index contributed by atoms with van der Waals surface area (Å²) in [7, 11) is 0. The molecule has 1 aromatic heterocycles. The number of rotatable bonds is 20. The van der Waals surface area contributed by atoms with Gasteiger partial charge in [0.25, 0.3) is 0 Å². The molecule has 0 radical (unpaired) electrons. The number of aliphatic carboxylic acids is 1. The molecule has 1 aromatic rings. The van der Waals surface area contributed by atoms with Crippen molar-refractivity contribution in [2.45, 2.75) is 75.2 Å². The van der Waals surface area contributed by atoms with Gasteiger partial charge in [0.1, 0.15) is 24.2 Å². The molecule has 12 N–H and O–H groups in total. The van der Waals surface area contributed by atoms with Gasteiger partial charge in [0.2, 0.25) is 41.4 Å². The standard InChI is InChI=1S/C27H42N10O9S/c1-47-8-6-16(35-23(41)15(28)10-21(30)39)26(44)37-7-2-3-19(37)25(43)36-18(9-14-11-31-13-33-14)24(42)32-12-22(40)34-17(27(45)46)4-5-20(29)38/h11,13,15-19H,2-10,12,28H2,1H3,(H2,29,38)(H2,30,39)(H,31,33)(H,32,42)(H,34,40)(H,35,41)(H,36,43)(H,45,46)/t15-,16-,17+,18-,19-/m0/s1. The number of nitrogens with two attached hydrogens (primary N) is 3. The molecule has 0 aliphatic carbocycles. The van der Waals surface area contributed by atoms with Crippen LogP contribution in [0.4, 0.5) is 0 Å². The summed E-state index contributed by atoms with van der Waals surface area (Å²) in [4.78, 5) is 107. The number of hydrogen-bond acceptors (Lipinski definition) is 11. The van der Waals surface area contributed by atoms with E-state index in [9.17, 15) is 43.5 Å². The van der Waals surface area contributed by atoms with Crippen molar-refractivity contribution in [2.24, 2.45) is 17.2 Å². The zero-order chi connectivity index (χ0) is 35.1. The van der Waals surface area contributed by atoms with Crippen LogP contribution in [0.2, 0.25) is 0 Å². The van der Waals surface area contributed by atoms with E-state index in [0.717, 1.165) is 0 Å². The van der Waals surface area contributed by atoms with Crippen LogP contribution in [0.15, 0.2) is 12.5 Å². The third kappa shape index (κ3) is 12.9. The second kappa shape index (κ2) is 19.1. The predicted molar refractivity (Wildman–Crippen MR) is 167 cm³/mol. The number of aromatic amines is 1. The molecule has 0 saturated carbocycles. The number of likely N-dealkylation sites (tertiary alicyclic amines) is 1. The van der Waals surface area contributed by atoms with E-state index in [4.69, 9.17) is 17.2 Å². The zero-order valence-corrected chi connectivity index (χ0v) is 26.7. The third-order valence-electron chi connectivity index (χ3n) is 7.17. The van der Waals surface area contributed by atoms with Gasteiger partial charge in [-0.1, -0.05) is 0 Å². The Kier molecular flexibility index (Phi) is 15.6. The molecule has 19 nitrogen and oxygen atoms in total. The molecule has 0 aromatic carbocycles. The molecule has 260 valence electrons. The quantitative estimate of drug-likeness (QED) is 0.0633. The fraction of sp³-hybridized carbons (Fsp3) is 0.593. The number of carboxylic acid groups (broad SMARTS) is 1. The van der Waals surface area contributed by atoms with E-state index in [-0.39, 0.29) is 38.6 Å². The minimum atomic E-state index is -1.42. The molecule has 1 aliphatic heterocycles. The van der Waals surface area contributed by atoms with Gasteiger partial charge in [-0.3, -0.25) is 33.6 Å². The SMILES string of the molecule is CSCC[C@H](NC(=O)[C@@H](N)CC(N)=O)C(=O)N1CCC[C@H]1C(=O)N[C@@H](Cc1cnc[nH]1)C(=O)NCC(=O)N[C@H](CCC(N)=O)C(=O)O. The van der Waals surface area contributed by atoms with Gasteiger partial charge >= 0.3 is 5.97 Å². The summed E-state index contributed by atoms with van der Waals surface area (Å²) in [5, 5.41) is 19.1. The predicted octanol–water partition coefficient (Wildman–Crippen LogP) is -4.18. The normalized spacial score (nSPS) is 16.6. The Hall–Kier alpha value is -4.72. The minimum absolute atomic E-state index is 0.0691.